The van der Waals surface area contributed by atoms with E-state index >= 15 is 0 Å². The first-order valence-electron chi connectivity index (χ1n) is 9.12. The summed E-state index contributed by atoms with van der Waals surface area (Å²) in [6.07, 6.45) is -4.44. The second-order valence-electron chi connectivity index (χ2n) is 7.01. The topological polar surface area (TPSA) is 47.6 Å². The van der Waals surface area contributed by atoms with Crippen LogP contribution in [-0.2, 0) is 8.34 Å². The first kappa shape index (κ1) is 23.5. The zero-order valence-electron chi connectivity index (χ0n) is 16.5. The average molecular weight is 564 g/mol. The number of ether oxygens (including phenoxy) is 2. The van der Waals surface area contributed by atoms with Crippen molar-refractivity contribution in [1.82, 2.24) is 5.32 Å². The van der Waals surface area contributed by atoms with E-state index in [4.69, 9.17) is 16.3 Å². The zero-order valence-corrected chi connectivity index (χ0v) is 19.4. The number of benzene rings is 3. The number of halogens is 5. The van der Waals surface area contributed by atoms with Crippen LogP contribution in [0, 0.1) is 0 Å². The van der Waals surface area contributed by atoms with Crippen LogP contribution in [-0.4, -0.2) is 18.7 Å². The number of hydrogen-bond acceptors (Lipinski definition) is 3. The smallest absolute Gasteiger partial charge is 0.422 e. The van der Waals surface area contributed by atoms with Crippen molar-refractivity contribution in [2.45, 2.75) is 23.6 Å². The molecule has 1 amide bonds. The number of fused-ring (bicyclic) bond motifs is 1. The van der Waals surface area contributed by atoms with E-state index in [2.05, 4.69) is 32.6 Å². The third-order valence-corrected chi connectivity index (χ3v) is 5.48. The van der Waals surface area contributed by atoms with E-state index in [1.807, 2.05) is 37.3 Å². The van der Waals surface area contributed by atoms with E-state index < -0.39 is 16.3 Å². The number of carbonyl (C=O) groups is 1. The summed E-state index contributed by atoms with van der Waals surface area (Å²) in [7, 11) is 0. The molecule has 9 heteroatoms. The molecule has 0 spiro atoms. The first-order chi connectivity index (χ1) is 14.4. The van der Waals surface area contributed by atoms with Gasteiger partial charge in [-0.15, -0.1) is 0 Å². The normalized spacial score (nSPS) is 13.5. The summed E-state index contributed by atoms with van der Waals surface area (Å²) in [6, 6.07) is 15.6. The second-order valence-corrected chi connectivity index (χ2v) is 9.57. The Labute approximate surface area is 195 Å². The van der Waals surface area contributed by atoms with Crippen LogP contribution in [0.5, 0.6) is 17.2 Å². The molecule has 0 fully saturated rings. The van der Waals surface area contributed by atoms with E-state index in [9.17, 15) is 18.0 Å². The predicted molar refractivity (Wildman–Crippen MR) is 122 cm³/mol. The highest BCUT2D eigenvalue weighted by molar-refractivity contribution is 14.1. The lowest BCUT2D eigenvalue weighted by Gasteiger charge is -2.24. The van der Waals surface area contributed by atoms with Gasteiger partial charge in [0.15, 0.2) is 6.61 Å². The minimum atomic E-state index is -4.44. The van der Waals surface area contributed by atoms with Crippen LogP contribution in [0.1, 0.15) is 19.4 Å². The van der Waals surface area contributed by atoms with Crippen LogP contribution >= 0.6 is 34.2 Å². The standard InChI is InChI=1S/C22H18ClF3INO3/c1-13(29)28-21(2,27)16-5-3-15-10-17(6-4-14(15)9-16)31-18-7-8-20(19(23)11-18)30-12-22(24,25)26/h3-11H,12H2,1-2H3,(H,28,29). The number of carbonyl (C=O) groups excluding carboxylic acids is 1. The van der Waals surface area contributed by atoms with Crippen LogP contribution < -0.4 is 14.8 Å². The maximum atomic E-state index is 12.3. The molecule has 1 N–H and O–H groups in total. The summed E-state index contributed by atoms with van der Waals surface area (Å²) in [4.78, 5) is 11.4. The van der Waals surface area contributed by atoms with Crippen molar-refractivity contribution < 1.29 is 27.4 Å². The number of alkyl halides is 4. The van der Waals surface area contributed by atoms with Crippen molar-refractivity contribution in [3.05, 3.63) is 65.2 Å². The van der Waals surface area contributed by atoms with Gasteiger partial charge in [-0.05, 0) is 76.2 Å². The molecule has 0 aliphatic rings. The molecule has 0 radical (unpaired) electrons. The van der Waals surface area contributed by atoms with E-state index in [-0.39, 0.29) is 16.7 Å². The fourth-order valence-corrected chi connectivity index (χ4v) is 3.88. The molecule has 0 aliphatic carbocycles. The molecular weight excluding hydrogens is 546 g/mol. The molecule has 3 aromatic rings. The number of nitrogens with one attached hydrogen (secondary N) is 1. The minimum Gasteiger partial charge on any atom is -0.483 e. The Hall–Kier alpha value is -2.20. The molecule has 31 heavy (non-hydrogen) atoms. The van der Waals surface area contributed by atoms with Crippen molar-refractivity contribution in [2.24, 2.45) is 0 Å². The van der Waals surface area contributed by atoms with Gasteiger partial charge in [0, 0.05) is 13.0 Å². The van der Waals surface area contributed by atoms with E-state index in [0.29, 0.717) is 11.5 Å². The fourth-order valence-electron chi connectivity index (χ4n) is 2.94. The van der Waals surface area contributed by atoms with E-state index in [1.54, 1.807) is 6.07 Å². The summed E-state index contributed by atoms with van der Waals surface area (Å²) in [6.45, 7) is 1.97. The Morgan fingerprint density at radius 3 is 2.29 bits per heavy atom. The van der Waals surface area contributed by atoms with Crippen molar-refractivity contribution >= 4 is 50.9 Å². The maximum absolute atomic E-state index is 12.3. The van der Waals surface area contributed by atoms with E-state index in [1.165, 1.54) is 25.1 Å². The Balaban J connectivity index is 1.77. The summed E-state index contributed by atoms with van der Waals surface area (Å²) in [5, 5.41) is 4.82. The Morgan fingerprint density at radius 1 is 1.03 bits per heavy atom. The third-order valence-electron chi connectivity index (χ3n) is 4.29. The van der Waals surface area contributed by atoms with Crippen LogP contribution in [0.3, 0.4) is 0 Å². The molecule has 0 saturated heterocycles. The zero-order chi connectivity index (χ0) is 22.8. The van der Waals surface area contributed by atoms with Crippen molar-refractivity contribution in [1.29, 1.82) is 0 Å². The second kappa shape index (κ2) is 9.12. The van der Waals surface area contributed by atoms with Crippen molar-refractivity contribution in [3.63, 3.8) is 0 Å². The lowest BCUT2D eigenvalue weighted by atomic mass is 10.0. The monoisotopic (exact) mass is 563 g/mol. The largest absolute Gasteiger partial charge is 0.483 e. The number of rotatable bonds is 6. The van der Waals surface area contributed by atoms with Gasteiger partial charge in [0.1, 0.15) is 20.8 Å². The third kappa shape index (κ3) is 6.39. The molecular formula is C22H18ClF3INO3. The molecule has 164 valence electrons. The molecule has 4 nitrogen and oxygen atoms in total. The molecule has 1 atom stereocenters. The Kier molecular flexibility index (Phi) is 6.90. The van der Waals surface area contributed by atoms with Crippen LogP contribution in [0.4, 0.5) is 13.2 Å². The van der Waals surface area contributed by atoms with Crippen LogP contribution in [0.25, 0.3) is 10.8 Å². The lowest BCUT2D eigenvalue weighted by molar-refractivity contribution is -0.153. The fraction of sp³-hybridized carbons (Fsp3) is 0.227. The summed E-state index contributed by atoms with van der Waals surface area (Å²) >= 11 is 8.20. The Bertz CT molecular complexity index is 1120. The van der Waals surface area contributed by atoms with Gasteiger partial charge in [-0.3, -0.25) is 4.79 Å². The Morgan fingerprint density at radius 2 is 1.65 bits per heavy atom. The SMILES string of the molecule is CC(=O)NC(C)(I)c1ccc2cc(Oc3ccc(OCC(F)(F)F)c(Cl)c3)ccc2c1. The van der Waals surface area contributed by atoms with Gasteiger partial charge in [0.05, 0.1) is 5.02 Å². The minimum absolute atomic E-state index is 0.0199. The maximum Gasteiger partial charge on any atom is 0.422 e. The molecule has 0 aromatic heterocycles. The van der Waals surface area contributed by atoms with Gasteiger partial charge in [0.25, 0.3) is 0 Å². The highest BCUT2D eigenvalue weighted by Crippen LogP contribution is 2.35. The highest BCUT2D eigenvalue weighted by atomic mass is 127. The molecule has 3 rings (SSSR count). The van der Waals surface area contributed by atoms with Gasteiger partial charge in [-0.2, -0.15) is 13.2 Å². The van der Waals surface area contributed by atoms with Gasteiger partial charge in [-0.1, -0.05) is 29.8 Å². The van der Waals surface area contributed by atoms with Crippen molar-refractivity contribution in [2.75, 3.05) is 6.61 Å². The van der Waals surface area contributed by atoms with Gasteiger partial charge < -0.3 is 14.8 Å². The number of amides is 1. The lowest BCUT2D eigenvalue weighted by Crippen LogP contribution is -2.36. The average Bonchev–Trinajstić information content (AvgIpc) is 2.65. The molecule has 0 heterocycles. The first-order valence-corrected chi connectivity index (χ1v) is 10.6. The molecule has 0 bridgehead atoms. The highest BCUT2D eigenvalue weighted by Gasteiger charge is 2.29. The number of hydrogen-bond donors (Lipinski definition) is 1. The van der Waals surface area contributed by atoms with Crippen LogP contribution in [0.15, 0.2) is 54.6 Å². The summed E-state index contributed by atoms with van der Waals surface area (Å²) < 4.78 is 46.8. The van der Waals surface area contributed by atoms with Crippen LogP contribution in [0.2, 0.25) is 5.02 Å². The van der Waals surface area contributed by atoms with Gasteiger partial charge >= 0.3 is 6.18 Å². The van der Waals surface area contributed by atoms with Crippen molar-refractivity contribution in [3.8, 4) is 17.2 Å². The summed E-state index contributed by atoms with van der Waals surface area (Å²) in [5.41, 5.74) is 0.950. The summed E-state index contributed by atoms with van der Waals surface area (Å²) in [5.74, 6) is 0.720. The van der Waals surface area contributed by atoms with E-state index in [0.717, 1.165) is 16.3 Å². The van der Waals surface area contributed by atoms with Gasteiger partial charge in [0.2, 0.25) is 5.91 Å². The molecule has 0 saturated carbocycles. The predicted octanol–water partition coefficient (Wildman–Crippen LogP) is 6.97. The molecule has 3 aromatic carbocycles. The molecule has 0 aliphatic heterocycles. The quantitative estimate of drug-likeness (QED) is 0.200. The van der Waals surface area contributed by atoms with Gasteiger partial charge in [-0.25, -0.2) is 0 Å². The molecule has 1 unspecified atom stereocenters.